The standard InChI is InChI=1S/C18H24O3S/c1-12-3-5-16(6-4-12)22(19,20)21-17-15-8-13-7-14(9-15)11-18(17,2)10-13/h3-6,13-15,17H,7-11H2,1-2H3. The number of hydrogen-bond acceptors (Lipinski definition) is 3. The molecule has 4 heteroatoms. The first-order valence-electron chi connectivity index (χ1n) is 8.36. The van der Waals surface area contributed by atoms with Gasteiger partial charge in [0.2, 0.25) is 0 Å². The van der Waals surface area contributed by atoms with Crippen molar-refractivity contribution in [3.63, 3.8) is 0 Å². The molecule has 0 heterocycles. The minimum Gasteiger partial charge on any atom is -0.262 e. The minimum absolute atomic E-state index is 0.0481. The first-order valence-corrected chi connectivity index (χ1v) is 9.76. The third-order valence-corrected chi connectivity index (χ3v) is 7.41. The molecule has 1 aromatic carbocycles. The summed E-state index contributed by atoms with van der Waals surface area (Å²) in [6.45, 7) is 4.20. The predicted molar refractivity (Wildman–Crippen MR) is 84.9 cm³/mol. The van der Waals surface area contributed by atoms with Gasteiger partial charge in [-0.15, -0.1) is 0 Å². The van der Waals surface area contributed by atoms with Crippen molar-refractivity contribution in [2.24, 2.45) is 23.2 Å². The molecule has 3 nitrogen and oxygen atoms in total. The lowest BCUT2D eigenvalue weighted by Gasteiger charge is -2.59. The third-order valence-electron chi connectivity index (χ3n) is 6.10. The Balaban J connectivity index is 1.61. The maximum atomic E-state index is 12.7. The summed E-state index contributed by atoms with van der Waals surface area (Å²) in [4.78, 5) is 0.288. The first-order chi connectivity index (χ1) is 10.4. The Morgan fingerprint density at radius 2 is 1.64 bits per heavy atom. The molecule has 22 heavy (non-hydrogen) atoms. The molecule has 5 rings (SSSR count). The molecule has 120 valence electrons. The molecule has 0 aromatic heterocycles. The van der Waals surface area contributed by atoms with E-state index in [-0.39, 0.29) is 16.4 Å². The summed E-state index contributed by atoms with van der Waals surface area (Å²) in [5.41, 5.74) is 1.10. The van der Waals surface area contributed by atoms with Gasteiger partial charge in [0.05, 0.1) is 11.0 Å². The summed E-state index contributed by atoms with van der Waals surface area (Å²) < 4.78 is 31.1. The summed E-state index contributed by atoms with van der Waals surface area (Å²) in [7, 11) is -3.66. The maximum Gasteiger partial charge on any atom is 0.297 e. The highest BCUT2D eigenvalue weighted by Gasteiger charge is 2.56. The van der Waals surface area contributed by atoms with Gasteiger partial charge < -0.3 is 0 Å². The molecule has 4 fully saturated rings. The lowest BCUT2D eigenvalue weighted by atomic mass is 9.49. The van der Waals surface area contributed by atoms with E-state index < -0.39 is 10.1 Å². The summed E-state index contributed by atoms with van der Waals surface area (Å²) >= 11 is 0. The van der Waals surface area contributed by atoms with E-state index in [1.54, 1.807) is 12.1 Å². The zero-order chi connectivity index (χ0) is 15.5. The smallest absolute Gasteiger partial charge is 0.262 e. The van der Waals surface area contributed by atoms with Crippen LogP contribution in [0, 0.1) is 30.1 Å². The van der Waals surface area contributed by atoms with E-state index in [0.717, 1.165) is 43.1 Å². The fourth-order valence-electron chi connectivity index (χ4n) is 5.49. The first kappa shape index (κ1) is 14.7. The molecule has 0 amide bonds. The van der Waals surface area contributed by atoms with E-state index in [1.165, 1.54) is 6.42 Å². The van der Waals surface area contributed by atoms with Crippen molar-refractivity contribution < 1.29 is 12.6 Å². The van der Waals surface area contributed by atoms with Crippen LogP contribution in [0.25, 0.3) is 0 Å². The third kappa shape index (κ3) is 2.31. The van der Waals surface area contributed by atoms with Gasteiger partial charge in [0.15, 0.2) is 0 Å². The number of benzene rings is 1. The van der Waals surface area contributed by atoms with E-state index in [0.29, 0.717) is 5.92 Å². The fourth-order valence-corrected chi connectivity index (χ4v) is 6.74. The molecule has 0 N–H and O–H groups in total. The molecule has 0 aliphatic heterocycles. The second-order valence-electron chi connectivity index (χ2n) is 8.05. The Kier molecular flexibility index (Phi) is 3.22. The van der Waals surface area contributed by atoms with Crippen molar-refractivity contribution in [2.45, 2.75) is 57.0 Å². The predicted octanol–water partition coefficient (Wildman–Crippen LogP) is 3.92. The zero-order valence-corrected chi connectivity index (χ0v) is 14.1. The highest BCUT2D eigenvalue weighted by Crippen LogP contribution is 2.61. The molecule has 0 saturated heterocycles. The van der Waals surface area contributed by atoms with Crippen molar-refractivity contribution >= 4 is 10.1 Å². The molecule has 3 unspecified atom stereocenters. The monoisotopic (exact) mass is 320 g/mol. The van der Waals surface area contributed by atoms with Gasteiger partial charge in [-0.3, -0.25) is 4.18 Å². The van der Waals surface area contributed by atoms with Gasteiger partial charge in [0, 0.05) is 0 Å². The van der Waals surface area contributed by atoms with Gasteiger partial charge in [0.25, 0.3) is 10.1 Å². The topological polar surface area (TPSA) is 43.4 Å². The van der Waals surface area contributed by atoms with E-state index in [9.17, 15) is 8.42 Å². The maximum absolute atomic E-state index is 12.7. The van der Waals surface area contributed by atoms with Crippen molar-refractivity contribution in [1.29, 1.82) is 0 Å². The number of aryl methyl sites for hydroxylation is 1. The van der Waals surface area contributed by atoms with Gasteiger partial charge in [-0.05, 0) is 74.3 Å². The van der Waals surface area contributed by atoms with Crippen LogP contribution in [-0.4, -0.2) is 14.5 Å². The van der Waals surface area contributed by atoms with E-state index >= 15 is 0 Å². The van der Waals surface area contributed by atoms with E-state index in [1.807, 2.05) is 19.1 Å². The van der Waals surface area contributed by atoms with Crippen LogP contribution in [0.1, 0.15) is 44.6 Å². The summed E-state index contributed by atoms with van der Waals surface area (Å²) in [6.07, 6.45) is 5.79. The van der Waals surface area contributed by atoms with Crippen LogP contribution in [0.2, 0.25) is 0 Å². The van der Waals surface area contributed by atoms with Gasteiger partial charge in [-0.1, -0.05) is 24.6 Å². The summed E-state index contributed by atoms with van der Waals surface area (Å²) in [5.74, 6) is 2.02. The van der Waals surface area contributed by atoms with Crippen LogP contribution < -0.4 is 0 Å². The van der Waals surface area contributed by atoms with Gasteiger partial charge in [0.1, 0.15) is 0 Å². The van der Waals surface area contributed by atoms with Crippen LogP contribution in [-0.2, 0) is 14.3 Å². The van der Waals surface area contributed by atoms with Crippen LogP contribution in [0.4, 0.5) is 0 Å². The fraction of sp³-hybridized carbons (Fsp3) is 0.667. The Labute approximate surface area is 133 Å². The lowest BCUT2D eigenvalue weighted by Crippen LogP contribution is -2.55. The number of hydrogen-bond donors (Lipinski definition) is 0. The second kappa shape index (κ2) is 4.81. The van der Waals surface area contributed by atoms with Crippen LogP contribution in [0.3, 0.4) is 0 Å². The van der Waals surface area contributed by atoms with Gasteiger partial charge >= 0.3 is 0 Å². The van der Waals surface area contributed by atoms with Gasteiger partial charge in [-0.25, -0.2) is 0 Å². The molecule has 1 aromatic rings. The van der Waals surface area contributed by atoms with E-state index in [2.05, 4.69) is 6.92 Å². The molecular formula is C18H24O3S. The van der Waals surface area contributed by atoms with Crippen LogP contribution in [0.5, 0.6) is 0 Å². The van der Waals surface area contributed by atoms with Crippen molar-refractivity contribution in [1.82, 2.24) is 0 Å². The Bertz CT molecular complexity index is 663. The molecule has 3 atom stereocenters. The lowest BCUT2D eigenvalue weighted by molar-refractivity contribution is -0.131. The average molecular weight is 320 g/mol. The Morgan fingerprint density at radius 3 is 2.18 bits per heavy atom. The Hall–Kier alpha value is -0.870. The molecule has 4 saturated carbocycles. The summed E-state index contributed by atoms with van der Waals surface area (Å²) in [6, 6.07) is 6.97. The molecule has 4 bridgehead atoms. The minimum atomic E-state index is -3.66. The summed E-state index contributed by atoms with van der Waals surface area (Å²) in [5, 5.41) is 0. The molecule has 0 radical (unpaired) electrons. The largest absolute Gasteiger partial charge is 0.297 e. The quantitative estimate of drug-likeness (QED) is 0.793. The second-order valence-corrected chi connectivity index (χ2v) is 9.62. The Morgan fingerprint density at radius 1 is 1.05 bits per heavy atom. The number of rotatable bonds is 3. The SMILES string of the molecule is Cc1ccc(S(=O)(=O)OC2C3CC4CC(C3)CC2(C)C4)cc1. The zero-order valence-electron chi connectivity index (χ0n) is 13.3. The molecular weight excluding hydrogens is 296 g/mol. The highest BCUT2D eigenvalue weighted by atomic mass is 32.2. The van der Waals surface area contributed by atoms with Crippen LogP contribution in [0.15, 0.2) is 29.2 Å². The van der Waals surface area contributed by atoms with Crippen molar-refractivity contribution in [2.75, 3.05) is 0 Å². The molecule has 0 spiro atoms. The average Bonchev–Trinajstić information content (AvgIpc) is 2.42. The van der Waals surface area contributed by atoms with Crippen molar-refractivity contribution in [3.8, 4) is 0 Å². The van der Waals surface area contributed by atoms with Gasteiger partial charge in [-0.2, -0.15) is 8.42 Å². The van der Waals surface area contributed by atoms with E-state index in [4.69, 9.17) is 4.18 Å². The normalized spacial score (nSPS) is 40.1. The van der Waals surface area contributed by atoms with Crippen molar-refractivity contribution in [3.05, 3.63) is 29.8 Å². The molecule has 4 aliphatic rings. The highest BCUT2D eigenvalue weighted by molar-refractivity contribution is 7.86. The molecule has 4 aliphatic carbocycles. The van der Waals surface area contributed by atoms with Crippen LogP contribution >= 0.6 is 0 Å².